The van der Waals surface area contributed by atoms with Crippen LogP contribution in [0, 0.1) is 0 Å². The van der Waals surface area contributed by atoms with Gasteiger partial charge in [0.1, 0.15) is 0 Å². The first-order chi connectivity index (χ1) is 29.3. The normalized spacial score (nSPS) is 14.8. The van der Waals surface area contributed by atoms with Crippen LogP contribution in [0.4, 0.5) is 17.1 Å². The van der Waals surface area contributed by atoms with Crippen molar-refractivity contribution >= 4 is 45.9 Å². The molecule has 1 spiro atoms. The molecule has 0 bridgehead atoms. The highest BCUT2D eigenvalue weighted by Crippen LogP contribution is 2.51. The average molecular weight is 804 g/mol. The highest BCUT2D eigenvalue weighted by molar-refractivity contribution is 7.24. The third-order valence-electron chi connectivity index (χ3n) is 14.2. The maximum Gasteiger partial charge on any atom is 0.182 e. The van der Waals surface area contributed by atoms with E-state index in [-0.39, 0.29) is 16.2 Å². The lowest BCUT2D eigenvalue weighted by Gasteiger charge is -2.33. The van der Waals surface area contributed by atoms with Crippen molar-refractivity contribution in [2.24, 2.45) is 0 Å². The van der Waals surface area contributed by atoms with Crippen molar-refractivity contribution in [1.29, 1.82) is 0 Å². The van der Waals surface area contributed by atoms with E-state index < -0.39 is 8.07 Å². The Morgan fingerprint density at radius 3 is 1.51 bits per heavy atom. The van der Waals surface area contributed by atoms with Gasteiger partial charge in [-0.2, -0.15) is 0 Å². The van der Waals surface area contributed by atoms with Crippen LogP contribution in [-0.2, 0) is 16.2 Å². The van der Waals surface area contributed by atoms with Gasteiger partial charge in [0.2, 0.25) is 0 Å². The molecular weight excluding hydrogens is 751 g/mol. The number of hydrogen-bond acceptors (Lipinski definition) is 1. The Kier molecular flexibility index (Phi) is 8.13. The van der Waals surface area contributed by atoms with Crippen LogP contribution in [-0.4, -0.2) is 8.07 Å². The fourth-order valence-corrected chi connectivity index (χ4v) is 16.7. The van der Waals surface area contributed by atoms with E-state index in [0.29, 0.717) is 0 Å². The first-order valence-electron chi connectivity index (χ1n) is 22.0. The summed E-state index contributed by atoms with van der Waals surface area (Å²) in [7, 11) is -2.84. The number of benzene rings is 8. The summed E-state index contributed by atoms with van der Waals surface area (Å²) in [6.45, 7) is 18.9. The zero-order chi connectivity index (χ0) is 42.1. The van der Waals surface area contributed by atoms with Gasteiger partial charge in [-0.1, -0.05) is 201 Å². The number of hydrogen-bond donors (Lipinski definition) is 0. The van der Waals surface area contributed by atoms with Crippen LogP contribution in [0.3, 0.4) is 0 Å². The molecule has 2 aliphatic heterocycles. The maximum absolute atomic E-state index is 2.84. The fraction of sp³-hybridized carbons (Fsp3) is 0.186. The molecule has 3 aliphatic rings. The summed E-state index contributed by atoms with van der Waals surface area (Å²) in [5.41, 5.74) is 19.6. The predicted octanol–water partition coefficient (Wildman–Crippen LogP) is 13.1. The van der Waals surface area contributed by atoms with E-state index >= 15 is 0 Å². The van der Waals surface area contributed by atoms with E-state index in [1.54, 1.807) is 0 Å². The quantitative estimate of drug-likeness (QED) is 0.160. The van der Waals surface area contributed by atoms with Gasteiger partial charge in [-0.25, -0.2) is 0 Å². The smallest absolute Gasteiger partial charge is 0.182 e. The highest BCUT2D eigenvalue weighted by atomic mass is 28.3. The summed E-state index contributed by atoms with van der Waals surface area (Å²) in [5.74, 6) is 0. The molecule has 0 fully saturated rings. The molecule has 1 nitrogen and oxygen atoms in total. The van der Waals surface area contributed by atoms with Crippen molar-refractivity contribution in [3.05, 3.63) is 198 Å². The zero-order valence-corrected chi connectivity index (χ0v) is 37.7. The highest BCUT2D eigenvalue weighted by Gasteiger charge is 2.54. The van der Waals surface area contributed by atoms with Crippen LogP contribution in [0.25, 0.3) is 44.5 Å². The molecule has 0 radical (unpaired) electrons. The SMILES string of the molecule is CC(C)(C)c1ccc2c(c1)[Si]1(c3ccccc3-c3ccc(N(c4ccc5c(c4)-c4ccccc4C5(C)C)c4ccccc4-c4ccccc4)cc31)c1cc(C(C)(C)C)ccc1-2. The van der Waals surface area contributed by atoms with E-state index in [1.165, 1.54) is 98.9 Å². The summed E-state index contributed by atoms with van der Waals surface area (Å²) >= 11 is 0. The molecule has 2 heterocycles. The third kappa shape index (κ3) is 5.44. The van der Waals surface area contributed by atoms with E-state index in [4.69, 9.17) is 0 Å². The number of fused-ring (bicyclic) bond motifs is 13. The van der Waals surface area contributed by atoms with Gasteiger partial charge in [-0.15, -0.1) is 0 Å². The Morgan fingerprint density at radius 1 is 0.377 bits per heavy atom. The van der Waals surface area contributed by atoms with Gasteiger partial charge < -0.3 is 4.90 Å². The third-order valence-corrected chi connectivity index (χ3v) is 19.1. The van der Waals surface area contributed by atoms with Gasteiger partial charge in [-0.05, 0) is 123 Å². The molecule has 0 unspecified atom stereocenters. The van der Waals surface area contributed by atoms with Crippen LogP contribution >= 0.6 is 0 Å². The number of rotatable bonds is 4. The Balaban J connectivity index is 1.22. The first-order valence-corrected chi connectivity index (χ1v) is 24.0. The largest absolute Gasteiger partial charge is 0.310 e. The standard InChI is InChI=1S/C59H53NSi/c1-57(2,3)39-26-30-46-47-31-27-40(58(4,5)6)35-55(47)61(54(46)34-39)53-25-17-14-22-45(53)48-32-28-42(37-56(48)61)60(52-24-16-13-20-43(52)38-18-10-9-11-19-38)41-29-33-51-49(36-41)44-21-12-15-23-50(44)59(51,7)8/h9-37H,1-8H3. The molecular formula is C59H53NSi. The fourth-order valence-electron chi connectivity index (χ4n) is 11.0. The minimum Gasteiger partial charge on any atom is -0.310 e. The van der Waals surface area contributed by atoms with Crippen molar-refractivity contribution in [2.45, 2.75) is 71.6 Å². The first kappa shape index (κ1) is 37.8. The number of nitrogens with zero attached hydrogens (tertiary/aromatic N) is 1. The maximum atomic E-state index is 2.61. The van der Waals surface area contributed by atoms with Crippen LogP contribution in [0.5, 0.6) is 0 Å². The van der Waals surface area contributed by atoms with Crippen molar-refractivity contribution < 1.29 is 0 Å². The van der Waals surface area contributed by atoms with Gasteiger partial charge in [0.15, 0.2) is 8.07 Å². The minimum atomic E-state index is -2.84. The molecule has 298 valence electrons. The predicted molar refractivity (Wildman–Crippen MR) is 263 cm³/mol. The van der Waals surface area contributed by atoms with E-state index in [1.807, 2.05) is 0 Å². The minimum absolute atomic E-state index is 0.0114. The number of para-hydroxylation sites is 1. The second-order valence-electron chi connectivity index (χ2n) is 20.2. The summed E-state index contributed by atoms with van der Waals surface area (Å²) < 4.78 is 0. The van der Waals surface area contributed by atoms with Gasteiger partial charge in [0.05, 0.1) is 5.69 Å². The van der Waals surface area contributed by atoms with Crippen LogP contribution in [0.15, 0.2) is 176 Å². The van der Waals surface area contributed by atoms with Crippen LogP contribution < -0.4 is 25.6 Å². The molecule has 61 heavy (non-hydrogen) atoms. The molecule has 2 heteroatoms. The van der Waals surface area contributed by atoms with Crippen LogP contribution in [0.1, 0.15) is 77.6 Å². The average Bonchev–Trinajstić information content (AvgIpc) is 3.81. The molecule has 8 aromatic rings. The molecule has 0 amide bonds. The Bertz CT molecular complexity index is 3020. The van der Waals surface area contributed by atoms with Gasteiger partial charge in [-0.3, -0.25) is 0 Å². The van der Waals surface area contributed by atoms with Gasteiger partial charge >= 0.3 is 0 Å². The molecule has 0 saturated carbocycles. The molecule has 1 aliphatic carbocycles. The Labute approximate surface area is 363 Å². The van der Waals surface area contributed by atoms with Crippen molar-refractivity contribution in [1.82, 2.24) is 0 Å². The molecule has 11 rings (SSSR count). The van der Waals surface area contributed by atoms with Gasteiger partial charge in [0, 0.05) is 22.4 Å². The topological polar surface area (TPSA) is 3.24 Å². The Morgan fingerprint density at radius 2 is 0.852 bits per heavy atom. The van der Waals surface area contributed by atoms with E-state index in [0.717, 1.165) is 5.69 Å². The van der Waals surface area contributed by atoms with Crippen molar-refractivity contribution in [3.63, 3.8) is 0 Å². The van der Waals surface area contributed by atoms with Crippen molar-refractivity contribution in [2.75, 3.05) is 4.90 Å². The molecule has 0 saturated heterocycles. The summed E-state index contributed by atoms with van der Waals surface area (Å²) in [6, 6.07) is 67.8. The number of anilines is 3. The van der Waals surface area contributed by atoms with E-state index in [2.05, 4.69) is 236 Å². The van der Waals surface area contributed by atoms with E-state index in [9.17, 15) is 0 Å². The van der Waals surface area contributed by atoms with Crippen LogP contribution in [0.2, 0.25) is 0 Å². The second kappa shape index (κ2) is 13.1. The summed E-state index contributed by atoms with van der Waals surface area (Å²) in [5, 5.41) is 6.04. The lowest BCUT2D eigenvalue weighted by molar-refractivity contribution is 0.590. The zero-order valence-electron chi connectivity index (χ0n) is 36.7. The molecule has 0 aromatic heterocycles. The monoisotopic (exact) mass is 803 g/mol. The lowest BCUT2D eigenvalue weighted by atomic mass is 9.82. The van der Waals surface area contributed by atoms with Gasteiger partial charge in [0.25, 0.3) is 0 Å². The second-order valence-corrected chi connectivity index (χ2v) is 23.8. The summed E-state index contributed by atoms with van der Waals surface area (Å²) in [6.07, 6.45) is 0. The molecule has 0 atom stereocenters. The lowest BCUT2D eigenvalue weighted by Crippen LogP contribution is -2.71. The Hall–Kier alpha value is -6.22. The molecule has 0 N–H and O–H groups in total. The van der Waals surface area contributed by atoms with Crippen molar-refractivity contribution in [3.8, 4) is 44.5 Å². The summed E-state index contributed by atoms with van der Waals surface area (Å²) in [4.78, 5) is 2.55. The molecule has 8 aromatic carbocycles.